The van der Waals surface area contributed by atoms with E-state index < -0.39 is 7.37 Å². The van der Waals surface area contributed by atoms with Crippen LogP contribution >= 0.6 is 7.37 Å². The smallest absolute Gasteiger partial charge is 0.261 e. The Morgan fingerprint density at radius 3 is 3.00 bits per heavy atom. The molecule has 0 amide bonds. The van der Waals surface area contributed by atoms with E-state index in [4.69, 9.17) is 9.26 Å². The standard InChI is InChI=1S/C10H11O3P/c1-2-13-14(11)8-7-12-9-5-3-4-6-10(9)14/h3-8H,2H2,1H3/t14-/m0/s1. The molecule has 3 nitrogen and oxygen atoms in total. The van der Waals surface area contributed by atoms with E-state index in [1.165, 1.54) is 12.1 Å². The van der Waals surface area contributed by atoms with Gasteiger partial charge in [-0.3, -0.25) is 4.57 Å². The Kier molecular flexibility index (Phi) is 2.44. The van der Waals surface area contributed by atoms with Crippen LogP contribution in [-0.4, -0.2) is 6.61 Å². The van der Waals surface area contributed by atoms with Crippen molar-refractivity contribution in [1.82, 2.24) is 0 Å². The van der Waals surface area contributed by atoms with Gasteiger partial charge in [-0.1, -0.05) is 12.1 Å². The Labute approximate surface area is 82.8 Å². The number of ether oxygens (including phenoxy) is 1. The van der Waals surface area contributed by atoms with Gasteiger partial charge >= 0.3 is 0 Å². The first-order valence-electron chi connectivity index (χ1n) is 4.44. The van der Waals surface area contributed by atoms with Gasteiger partial charge < -0.3 is 9.26 Å². The molecule has 1 aromatic carbocycles. The summed E-state index contributed by atoms with van der Waals surface area (Å²) in [7, 11) is -2.81. The predicted octanol–water partition coefficient (Wildman–Crippen LogP) is 2.49. The fourth-order valence-electron chi connectivity index (χ4n) is 1.38. The summed E-state index contributed by atoms with van der Waals surface area (Å²) in [6.07, 6.45) is 1.43. The van der Waals surface area contributed by atoms with Gasteiger partial charge in [0.05, 0.1) is 18.2 Å². The average molecular weight is 210 g/mol. The molecule has 74 valence electrons. The topological polar surface area (TPSA) is 35.5 Å². The van der Waals surface area contributed by atoms with Gasteiger partial charge in [0, 0.05) is 5.82 Å². The number of fused-ring (bicyclic) bond motifs is 1. The molecular formula is C10H11O3P. The minimum Gasteiger partial charge on any atom is -0.464 e. The molecule has 14 heavy (non-hydrogen) atoms. The van der Waals surface area contributed by atoms with Crippen LogP contribution in [0.5, 0.6) is 5.75 Å². The first-order chi connectivity index (χ1) is 6.76. The fraction of sp³-hybridized carbons (Fsp3) is 0.200. The highest BCUT2D eigenvalue weighted by Gasteiger charge is 2.28. The summed E-state index contributed by atoms with van der Waals surface area (Å²) in [5.41, 5.74) is 0. The molecule has 0 radical (unpaired) electrons. The Morgan fingerprint density at radius 1 is 1.43 bits per heavy atom. The molecule has 0 fully saturated rings. The molecular weight excluding hydrogens is 199 g/mol. The molecule has 1 atom stereocenters. The molecule has 0 unspecified atom stereocenters. The second kappa shape index (κ2) is 3.60. The van der Waals surface area contributed by atoms with Crippen LogP contribution in [0.1, 0.15) is 6.92 Å². The second-order valence-electron chi connectivity index (χ2n) is 2.89. The second-order valence-corrected chi connectivity index (χ2v) is 5.12. The number of rotatable bonds is 2. The van der Waals surface area contributed by atoms with E-state index in [0.29, 0.717) is 17.7 Å². The molecule has 1 aliphatic heterocycles. The Hall–Kier alpha value is -1.05. The summed E-state index contributed by atoms with van der Waals surface area (Å²) < 4.78 is 22.8. The van der Waals surface area contributed by atoms with E-state index >= 15 is 0 Å². The van der Waals surface area contributed by atoms with Crippen LogP contribution in [0, 0.1) is 0 Å². The van der Waals surface area contributed by atoms with Crippen LogP contribution in [0.25, 0.3) is 0 Å². The third-order valence-corrected chi connectivity index (χ3v) is 4.17. The lowest BCUT2D eigenvalue weighted by Crippen LogP contribution is -2.12. The first kappa shape index (κ1) is 9.50. The molecule has 0 spiro atoms. The van der Waals surface area contributed by atoms with Crippen LogP contribution in [0.3, 0.4) is 0 Å². The number of benzene rings is 1. The summed E-state index contributed by atoms with van der Waals surface area (Å²) in [5.74, 6) is 2.12. The van der Waals surface area contributed by atoms with Crippen LogP contribution in [-0.2, 0) is 9.09 Å². The van der Waals surface area contributed by atoms with Gasteiger partial charge in [0.2, 0.25) is 0 Å². The zero-order chi connectivity index (χ0) is 10.0. The van der Waals surface area contributed by atoms with Crippen molar-refractivity contribution >= 4 is 12.7 Å². The van der Waals surface area contributed by atoms with Crippen molar-refractivity contribution in [3.63, 3.8) is 0 Å². The molecule has 2 rings (SSSR count). The highest BCUT2D eigenvalue weighted by Crippen LogP contribution is 2.51. The SMILES string of the molecule is CCO[P@@]1(=O)C=COc2ccccc21. The quantitative estimate of drug-likeness (QED) is 0.703. The normalized spacial score (nSPS) is 24.1. The lowest BCUT2D eigenvalue weighted by molar-refractivity contribution is 0.343. The fourth-order valence-corrected chi connectivity index (χ4v) is 3.10. The highest BCUT2D eigenvalue weighted by atomic mass is 31.2. The van der Waals surface area contributed by atoms with Crippen LogP contribution in [0.15, 0.2) is 36.3 Å². The van der Waals surface area contributed by atoms with E-state index in [2.05, 4.69) is 0 Å². The number of para-hydroxylation sites is 1. The average Bonchev–Trinajstić information content (AvgIpc) is 2.19. The van der Waals surface area contributed by atoms with Gasteiger partial charge in [0.15, 0.2) is 0 Å². The van der Waals surface area contributed by atoms with Crippen molar-refractivity contribution < 1.29 is 13.8 Å². The summed E-state index contributed by atoms with van der Waals surface area (Å²) in [5, 5.41) is 0.643. The van der Waals surface area contributed by atoms with E-state index in [1.54, 1.807) is 12.1 Å². The van der Waals surface area contributed by atoms with Crippen molar-refractivity contribution in [2.24, 2.45) is 0 Å². The van der Waals surface area contributed by atoms with Crippen molar-refractivity contribution in [3.05, 3.63) is 36.3 Å². The minimum absolute atomic E-state index is 0.427. The van der Waals surface area contributed by atoms with Crippen LogP contribution in [0.4, 0.5) is 0 Å². The Morgan fingerprint density at radius 2 is 2.21 bits per heavy atom. The highest BCUT2D eigenvalue weighted by molar-refractivity contribution is 7.70. The summed E-state index contributed by atoms with van der Waals surface area (Å²) in [6, 6.07) is 7.22. The molecule has 0 bridgehead atoms. The monoisotopic (exact) mass is 210 g/mol. The van der Waals surface area contributed by atoms with Gasteiger partial charge in [0.1, 0.15) is 5.75 Å². The molecule has 1 aliphatic rings. The first-order valence-corrected chi connectivity index (χ1v) is 6.14. The van der Waals surface area contributed by atoms with E-state index in [-0.39, 0.29) is 0 Å². The zero-order valence-corrected chi connectivity index (χ0v) is 8.74. The van der Waals surface area contributed by atoms with E-state index in [0.717, 1.165) is 0 Å². The Balaban J connectivity index is 2.50. The number of hydrogen-bond donors (Lipinski definition) is 0. The molecule has 4 heteroatoms. The maximum Gasteiger partial charge on any atom is 0.261 e. The largest absolute Gasteiger partial charge is 0.464 e. The maximum absolute atomic E-state index is 12.3. The van der Waals surface area contributed by atoms with Crippen molar-refractivity contribution in [3.8, 4) is 5.75 Å². The summed E-state index contributed by atoms with van der Waals surface area (Å²) in [4.78, 5) is 0. The van der Waals surface area contributed by atoms with Crippen molar-refractivity contribution in [1.29, 1.82) is 0 Å². The molecule has 1 aromatic rings. The van der Waals surface area contributed by atoms with Gasteiger partial charge in [0.25, 0.3) is 7.37 Å². The molecule has 0 saturated heterocycles. The molecule has 0 saturated carbocycles. The van der Waals surface area contributed by atoms with Gasteiger partial charge in [-0.05, 0) is 19.1 Å². The van der Waals surface area contributed by atoms with Gasteiger partial charge in [-0.2, -0.15) is 0 Å². The minimum atomic E-state index is -2.81. The van der Waals surface area contributed by atoms with Gasteiger partial charge in [-0.25, -0.2) is 0 Å². The zero-order valence-electron chi connectivity index (χ0n) is 7.84. The third kappa shape index (κ3) is 1.49. The lowest BCUT2D eigenvalue weighted by Gasteiger charge is -2.20. The summed E-state index contributed by atoms with van der Waals surface area (Å²) in [6.45, 7) is 2.25. The van der Waals surface area contributed by atoms with Crippen LogP contribution < -0.4 is 10.0 Å². The third-order valence-electron chi connectivity index (χ3n) is 1.97. The molecule has 0 aromatic heterocycles. The predicted molar refractivity (Wildman–Crippen MR) is 55.1 cm³/mol. The lowest BCUT2D eigenvalue weighted by atomic mass is 10.3. The number of hydrogen-bond acceptors (Lipinski definition) is 3. The van der Waals surface area contributed by atoms with Gasteiger partial charge in [-0.15, -0.1) is 0 Å². The maximum atomic E-state index is 12.3. The molecule has 0 N–H and O–H groups in total. The van der Waals surface area contributed by atoms with Crippen molar-refractivity contribution in [2.45, 2.75) is 6.92 Å². The molecule has 1 heterocycles. The molecule has 0 aliphatic carbocycles. The van der Waals surface area contributed by atoms with Crippen molar-refractivity contribution in [2.75, 3.05) is 6.61 Å². The van der Waals surface area contributed by atoms with Crippen LogP contribution in [0.2, 0.25) is 0 Å². The van der Waals surface area contributed by atoms with E-state index in [1.807, 2.05) is 19.1 Å². The Bertz CT molecular complexity index is 412. The van der Waals surface area contributed by atoms with E-state index in [9.17, 15) is 4.57 Å². The summed E-state index contributed by atoms with van der Waals surface area (Å²) >= 11 is 0.